The number of hydrogen-bond acceptors (Lipinski definition) is 7. The number of quaternary nitrogens is 1. The lowest BCUT2D eigenvalue weighted by atomic mass is 9.86. The number of carbonyl (C=O) groups excluding carboxylic acids is 1. The van der Waals surface area contributed by atoms with Gasteiger partial charge in [-0.2, -0.15) is 0 Å². The molecular formula is C33H30ClN4O4+. The molecule has 0 unspecified atom stereocenters. The Hall–Kier alpha value is -4.53. The van der Waals surface area contributed by atoms with E-state index in [1.54, 1.807) is 14.2 Å². The molecule has 4 aromatic carbocycles. The van der Waals surface area contributed by atoms with Crippen molar-refractivity contribution in [1.29, 1.82) is 0 Å². The van der Waals surface area contributed by atoms with Crippen LogP contribution < -0.4 is 24.6 Å². The number of nitrogens with zero attached hydrogens (tertiary/aromatic N) is 2. The summed E-state index contributed by atoms with van der Waals surface area (Å²) in [5.41, 5.74) is 6.25. The number of nitrogens with one attached hydrogen (secondary N) is 2. The SMILES string of the molecule is COc1cccc(Nc2cc(N3CC[NH+](Cc4cc(Cl)ccc4OC)CC3)c3noc4c3c2C(=O)c2ccccc2-4)c1. The van der Waals surface area contributed by atoms with Crippen LogP contribution in [0.3, 0.4) is 0 Å². The van der Waals surface area contributed by atoms with Crippen LogP contribution in [-0.2, 0) is 6.54 Å². The first-order valence-corrected chi connectivity index (χ1v) is 14.3. The molecule has 0 spiro atoms. The molecule has 0 radical (unpaired) electrons. The van der Waals surface area contributed by atoms with Crippen molar-refractivity contribution in [1.82, 2.24) is 5.16 Å². The van der Waals surface area contributed by atoms with Gasteiger partial charge in [-0.1, -0.05) is 47.1 Å². The second kappa shape index (κ2) is 10.7. The molecule has 212 valence electrons. The van der Waals surface area contributed by atoms with E-state index in [0.29, 0.717) is 33.1 Å². The third-order valence-electron chi connectivity index (χ3n) is 8.22. The highest BCUT2D eigenvalue weighted by Crippen LogP contribution is 2.46. The second-order valence-corrected chi connectivity index (χ2v) is 11.1. The van der Waals surface area contributed by atoms with Gasteiger partial charge in [0.25, 0.3) is 0 Å². The fourth-order valence-electron chi connectivity index (χ4n) is 6.13. The molecule has 2 heterocycles. The predicted molar refractivity (Wildman–Crippen MR) is 164 cm³/mol. The minimum atomic E-state index is -0.0482. The number of fused-ring (bicyclic) bond motifs is 2. The molecule has 2 aliphatic rings. The highest BCUT2D eigenvalue weighted by Gasteiger charge is 2.34. The standard InChI is InChI=1S/C33H29ClN4O4/c1-40-23-7-5-6-22(17-23)35-26-18-27(31-30-29(26)32(39)24-8-3-4-9-25(24)33(30)42-36-31)38-14-12-37(13-15-38)19-20-16-21(34)10-11-28(20)41-2/h3-11,16-18,35H,12-15,19H2,1-2H3/p+1. The number of hydrogen-bond donors (Lipinski definition) is 2. The summed E-state index contributed by atoms with van der Waals surface area (Å²) in [5.74, 6) is 2.16. The summed E-state index contributed by atoms with van der Waals surface area (Å²) in [4.78, 5) is 17.7. The highest BCUT2D eigenvalue weighted by atomic mass is 35.5. The van der Waals surface area contributed by atoms with Crippen LogP contribution >= 0.6 is 11.6 Å². The van der Waals surface area contributed by atoms with Crippen LogP contribution in [0.5, 0.6) is 11.5 Å². The Morgan fingerprint density at radius 3 is 2.57 bits per heavy atom. The molecule has 0 amide bonds. The maximum absolute atomic E-state index is 13.9. The van der Waals surface area contributed by atoms with Gasteiger partial charge in [-0.05, 0) is 36.4 Å². The van der Waals surface area contributed by atoms with Gasteiger partial charge < -0.3 is 29.1 Å². The number of rotatable bonds is 7. The molecule has 1 fully saturated rings. The quantitative estimate of drug-likeness (QED) is 0.263. The van der Waals surface area contributed by atoms with Gasteiger partial charge in [-0.15, -0.1) is 0 Å². The monoisotopic (exact) mass is 581 g/mol. The predicted octanol–water partition coefficient (Wildman–Crippen LogP) is 5.36. The van der Waals surface area contributed by atoms with Gasteiger partial charge in [0, 0.05) is 33.5 Å². The number of aromatic nitrogens is 1. The Morgan fingerprint density at radius 1 is 0.976 bits per heavy atom. The summed E-state index contributed by atoms with van der Waals surface area (Å²) in [7, 11) is 3.33. The van der Waals surface area contributed by atoms with Crippen molar-refractivity contribution in [3.63, 3.8) is 0 Å². The normalized spacial score (nSPS) is 14.6. The van der Waals surface area contributed by atoms with E-state index in [1.807, 2.05) is 72.8 Å². The van der Waals surface area contributed by atoms with Crippen molar-refractivity contribution >= 4 is 45.3 Å². The Kier molecular flexibility index (Phi) is 6.72. The fraction of sp³-hybridized carbons (Fsp3) is 0.212. The van der Waals surface area contributed by atoms with E-state index < -0.39 is 0 Å². The lowest BCUT2D eigenvalue weighted by Gasteiger charge is -2.34. The minimum Gasteiger partial charge on any atom is -0.497 e. The Morgan fingerprint density at radius 2 is 1.79 bits per heavy atom. The van der Waals surface area contributed by atoms with Crippen LogP contribution in [0.25, 0.3) is 22.2 Å². The average Bonchev–Trinajstić information content (AvgIpc) is 3.46. The van der Waals surface area contributed by atoms with Crippen molar-refractivity contribution in [3.05, 3.63) is 94.5 Å². The van der Waals surface area contributed by atoms with Crippen LogP contribution in [-0.4, -0.2) is 51.3 Å². The molecule has 8 nitrogen and oxygen atoms in total. The number of ether oxygens (including phenoxy) is 2. The maximum atomic E-state index is 13.9. The molecule has 5 aromatic rings. The zero-order valence-electron chi connectivity index (χ0n) is 23.4. The molecule has 1 aromatic heterocycles. The van der Waals surface area contributed by atoms with E-state index in [0.717, 1.165) is 72.1 Å². The van der Waals surface area contributed by atoms with Gasteiger partial charge in [-0.3, -0.25) is 4.79 Å². The molecule has 0 atom stereocenters. The smallest absolute Gasteiger partial charge is 0.196 e. The lowest BCUT2D eigenvalue weighted by Crippen LogP contribution is -3.13. The number of carbonyl (C=O) groups is 1. The number of anilines is 3. The first-order valence-electron chi connectivity index (χ1n) is 14.0. The van der Waals surface area contributed by atoms with Crippen molar-refractivity contribution < 1.29 is 23.7 Å². The third-order valence-corrected chi connectivity index (χ3v) is 8.46. The average molecular weight is 582 g/mol. The second-order valence-electron chi connectivity index (χ2n) is 10.7. The first-order chi connectivity index (χ1) is 20.5. The number of halogens is 1. The van der Waals surface area contributed by atoms with E-state index in [-0.39, 0.29) is 5.78 Å². The molecule has 42 heavy (non-hydrogen) atoms. The third kappa shape index (κ3) is 4.53. The van der Waals surface area contributed by atoms with Crippen LogP contribution in [0.2, 0.25) is 5.02 Å². The van der Waals surface area contributed by atoms with Crippen LogP contribution in [0, 0.1) is 0 Å². The summed E-state index contributed by atoms with van der Waals surface area (Å²) in [5, 5.41) is 9.51. The summed E-state index contributed by atoms with van der Waals surface area (Å²) >= 11 is 6.29. The first kappa shape index (κ1) is 26.4. The molecule has 1 aliphatic carbocycles. The Balaban J connectivity index is 1.26. The van der Waals surface area contributed by atoms with E-state index >= 15 is 0 Å². The van der Waals surface area contributed by atoms with Gasteiger partial charge >= 0.3 is 0 Å². The van der Waals surface area contributed by atoms with Gasteiger partial charge in [0.15, 0.2) is 11.5 Å². The molecular weight excluding hydrogens is 552 g/mol. The molecule has 9 heteroatoms. The van der Waals surface area contributed by atoms with E-state index in [1.165, 1.54) is 4.90 Å². The van der Waals surface area contributed by atoms with E-state index in [4.69, 9.17) is 25.6 Å². The van der Waals surface area contributed by atoms with Crippen molar-refractivity contribution in [2.45, 2.75) is 6.54 Å². The number of methoxy groups -OCH3 is 2. The van der Waals surface area contributed by atoms with E-state index in [2.05, 4.69) is 15.4 Å². The number of piperazine rings is 1. The largest absolute Gasteiger partial charge is 0.497 e. The van der Waals surface area contributed by atoms with Crippen molar-refractivity contribution in [2.24, 2.45) is 0 Å². The van der Waals surface area contributed by atoms with Gasteiger partial charge in [0.1, 0.15) is 23.6 Å². The fourth-order valence-corrected chi connectivity index (χ4v) is 6.33. The Labute approximate surface area is 248 Å². The zero-order chi connectivity index (χ0) is 28.8. The summed E-state index contributed by atoms with van der Waals surface area (Å²) in [6.07, 6.45) is 0. The molecule has 1 aliphatic heterocycles. The molecule has 2 N–H and O–H groups in total. The Bertz CT molecular complexity index is 1830. The van der Waals surface area contributed by atoms with Crippen molar-refractivity contribution in [2.75, 3.05) is 50.6 Å². The zero-order valence-corrected chi connectivity index (χ0v) is 24.1. The molecule has 0 bridgehead atoms. The topological polar surface area (TPSA) is 81.3 Å². The van der Waals surface area contributed by atoms with Crippen LogP contribution in [0.15, 0.2) is 77.3 Å². The maximum Gasteiger partial charge on any atom is 0.196 e. The summed E-state index contributed by atoms with van der Waals surface area (Å²) in [6.45, 7) is 4.30. The van der Waals surface area contributed by atoms with Crippen LogP contribution in [0.4, 0.5) is 17.1 Å². The van der Waals surface area contributed by atoms with Gasteiger partial charge in [-0.25, -0.2) is 0 Å². The lowest BCUT2D eigenvalue weighted by molar-refractivity contribution is -0.914. The van der Waals surface area contributed by atoms with Crippen LogP contribution in [0.1, 0.15) is 21.5 Å². The summed E-state index contributed by atoms with van der Waals surface area (Å²) in [6, 6.07) is 23.1. The highest BCUT2D eigenvalue weighted by molar-refractivity contribution is 6.30. The summed E-state index contributed by atoms with van der Waals surface area (Å²) < 4.78 is 17.0. The van der Waals surface area contributed by atoms with Crippen molar-refractivity contribution in [3.8, 4) is 22.8 Å². The van der Waals surface area contributed by atoms with Gasteiger partial charge in [0.2, 0.25) is 0 Å². The van der Waals surface area contributed by atoms with Gasteiger partial charge in [0.05, 0.1) is 62.7 Å². The molecule has 7 rings (SSSR count). The molecule has 1 saturated heterocycles. The number of benzene rings is 4. The number of ketones is 1. The van der Waals surface area contributed by atoms with E-state index in [9.17, 15) is 4.79 Å². The minimum absolute atomic E-state index is 0.0482. The molecule has 0 saturated carbocycles.